The van der Waals surface area contributed by atoms with Crippen molar-refractivity contribution in [3.05, 3.63) is 0 Å². The van der Waals surface area contributed by atoms with Gasteiger partial charge in [-0.2, -0.15) is 0 Å². The summed E-state index contributed by atoms with van der Waals surface area (Å²) >= 11 is 0. The number of carbonyl (C=O) groups excluding carboxylic acids is 1. The molecule has 0 aromatic carbocycles. The molecule has 0 fully saturated rings. The van der Waals surface area contributed by atoms with Crippen LogP contribution in [0.2, 0.25) is 0 Å². The number of rotatable bonds is 0. The third-order valence-electron chi connectivity index (χ3n) is 0. The fourth-order valence-electron chi connectivity index (χ4n) is 0. The van der Waals surface area contributed by atoms with E-state index in [0.29, 0.717) is 0 Å². The Morgan fingerprint density at radius 2 is 1.29 bits per heavy atom. The quantitative estimate of drug-likeness (QED) is 0.378. The second kappa shape index (κ2) is 15.9. The van der Waals surface area contributed by atoms with Crippen molar-refractivity contribution in [2.45, 2.75) is 0 Å². The number of amides is 2. The fraction of sp³-hybridized carbons (Fsp3) is 0. The zero-order valence-corrected chi connectivity index (χ0v) is 3.99. The van der Waals surface area contributed by atoms with E-state index in [9.17, 15) is 0 Å². The first-order chi connectivity index (χ1) is 1.73. The molecule has 0 unspecified atom stereocenters. The molecule has 0 spiro atoms. The van der Waals surface area contributed by atoms with Crippen LogP contribution in [0.4, 0.5) is 4.79 Å². The van der Waals surface area contributed by atoms with Crippen molar-refractivity contribution in [2.75, 3.05) is 0 Å². The Labute approximate surface area is 78.0 Å². The molecule has 0 aromatic heterocycles. The molecule has 0 bridgehead atoms. The standard InChI is InChI=1S/CH4N2O.Ca.ClH.H3N.2H/c2-1(3)4;;;;;/h(H4,2,3,4);;1H;1H3;;. The van der Waals surface area contributed by atoms with Gasteiger partial charge in [-0.25, -0.2) is 4.79 Å². The molecule has 2 amide bonds. The van der Waals surface area contributed by atoms with Crippen LogP contribution in [0.3, 0.4) is 0 Å². The summed E-state index contributed by atoms with van der Waals surface area (Å²) in [6, 6.07) is -0.833. The van der Waals surface area contributed by atoms with Crippen LogP contribution in [0.5, 0.6) is 0 Å². The number of carbonyl (C=O) groups is 1. The molecule has 44 valence electrons. The number of urea groups is 1. The number of primary amides is 2. The minimum atomic E-state index is -0.833. The first-order valence-electron chi connectivity index (χ1n) is 0.781. The molecule has 0 aliphatic heterocycles. The molecule has 6 heteroatoms. The normalized spacial score (nSPS) is 3.43. The van der Waals surface area contributed by atoms with Crippen LogP contribution in [0.15, 0.2) is 0 Å². The summed E-state index contributed by atoms with van der Waals surface area (Å²) in [7, 11) is 0. The van der Waals surface area contributed by atoms with Gasteiger partial charge in [0.05, 0.1) is 0 Å². The molecule has 0 radical (unpaired) electrons. The predicted molar refractivity (Wildman–Crippen MR) is 34.6 cm³/mol. The van der Waals surface area contributed by atoms with Crippen molar-refractivity contribution in [1.82, 2.24) is 6.15 Å². The number of hydrogen-bond donors (Lipinski definition) is 3. The van der Waals surface area contributed by atoms with E-state index < -0.39 is 6.03 Å². The Morgan fingerprint density at radius 3 is 1.29 bits per heavy atom. The van der Waals surface area contributed by atoms with E-state index in [0.717, 1.165) is 0 Å². The van der Waals surface area contributed by atoms with E-state index in [1.165, 1.54) is 0 Å². The minimum absolute atomic E-state index is 0. The van der Waals surface area contributed by atoms with Gasteiger partial charge in [-0.3, -0.25) is 0 Å². The molecular formula is CH10CaClN3O. The Morgan fingerprint density at radius 1 is 1.29 bits per heavy atom. The summed E-state index contributed by atoms with van der Waals surface area (Å²) < 4.78 is 0. The second-order valence-electron chi connectivity index (χ2n) is 0.402. The summed E-state index contributed by atoms with van der Waals surface area (Å²) in [6.45, 7) is 0. The van der Waals surface area contributed by atoms with Crippen molar-refractivity contribution in [3.63, 3.8) is 0 Å². The van der Waals surface area contributed by atoms with Crippen LogP contribution in [0, 0.1) is 0 Å². The van der Waals surface area contributed by atoms with Gasteiger partial charge in [-0.1, -0.05) is 0 Å². The van der Waals surface area contributed by atoms with Gasteiger partial charge in [-0.05, 0) is 0 Å². The van der Waals surface area contributed by atoms with E-state index in [1.54, 1.807) is 0 Å². The van der Waals surface area contributed by atoms with Crippen LogP contribution in [-0.4, -0.2) is 43.8 Å². The van der Waals surface area contributed by atoms with Gasteiger partial charge >= 0.3 is 43.8 Å². The van der Waals surface area contributed by atoms with E-state index in [2.05, 4.69) is 11.5 Å². The van der Waals surface area contributed by atoms with Crippen LogP contribution in [-0.2, 0) is 0 Å². The Balaban J connectivity index is -0.0000000150. The first kappa shape index (κ1) is 25.0. The number of hydrogen-bond acceptors (Lipinski definition) is 2. The molecule has 7 heavy (non-hydrogen) atoms. The summed E-state index contributed by atoms with van der Waals surface area (Å²) in [5, 5.41) is 0. The van der Waals surface area contributed by atoms with E-state index >= 15 is 0 Å². The van der Waals surface area contributed by atoms with Crippen molar-refractivity contribution in [2.24, 2.45) is 11.5 Å². The van der Waals surface area contributed by atoms with Crippen LogP contribution >= 0.6 is 12.4 Å². The molecule has 0 heterocycles. The molecule has 0 aliphatic rings. The first-order valence-corrected chi connectivity index (χ1v) is 0.781. The van der Waals surface area contributed by atoms with Crippen LogP contribution in [0.25, 0.3) is 0 Å². The zero-order chi connectivity index (χ0) is 3.58. The molecule has 0 aromatic rings. The fourth-order valence-corrected chi connectivity index (χ4v) is 0. The van der Waals surface area contributed by atoms with E-state index in [-0.39, 0.29) is 56.3 Å². The maximum atomic E-state index is 9.00. The van der Waals surface area contributed by atoms with Gasteiger partial charge < -0.3 is 17.6 Å². The number of halogens is 1. The van der Waals surface area contributed by atoms with Crippen molar-refractivity contribution < 1.29 is 4.79 Å². The molecular weight excluding hydrogens is 146 g/mol. The van der Waals surface area contributed by atoms with Crippen molar-refractivity contribution >= 4 is 56.2 Å². The molecule has 0 atom stereocenters. The van der Waals surface area contributed by atoms with Gasteiger partial charge in [0.15, 0.2) is 0 Å². The summed E-state index contributed by atoms with van der Waals surface area (Å²) in [6.07, 6.45) is 0. The molecule has 4 nitrogen and oxygen atoms in total. The number of nitrogens with two attached hydrogens (primary N) is 2. The topological polar surface area (TPSA) is 104 Å². The Kier molecular flexibility index (Phi) is 56.7. The van der Waals surface area contributed by atoms with Gasteiger partial charge in [0.1, 0.15) is 0 Å². The van der Waals surface area contributed by atoms with Crippen LogP contribution in [0.1, 0.15) is 0 Å². The monoisotopic (exact) mass is 155 g/mol. The summed E-state index contributed by atoms with van der Waals surface area (Å²) in [5.74, 6) is 0. The Bertz CT molecular complexity index is 37.9. The Hall–Kier alpha value is 0.780. The SMILES string of the molecule is Cl.N.NC(N)=O.[CaH2]. The molecule has 0 aliphatic carbocycles. The van der Waals surface area contributed by atoms with Crippen LogP contribution < -0.4 is 17.6 Å². The molecule has 0 saturated carbocycles. The maximum absolute atomic E-state index is 9.00. The van der Waals surface area contributed by atoms with E-state index in [4.69, 9.17) is 4.79 Å². The van der Waals surface area contributed by atoms with Gasteiger partial charge in [0.25, 0.3) is 0 Å². The molecule has 0 saturated heterocycles. The average molecular weight is 156 g/mol. The van der Waals surface area contributed by atoms with Gasteiger partial charge in [0.2, 0.25) is 0 Å². The van der Waals surface area contributed by atoms with Crippen molar-refractivity contribution in [1.29, 1.82) is 0 Å². The third-order valence-corrected chi connectivity index (χ3v) is 0. The zero-order valence-electron chi connectivity index (χ0n) is 3.18. The second-order valence-corrected chi connectivity index (χ2v) is 0.402. The summed E-state index contributed by atoms with van der Waals surface area (Å²) in [4.78, 5) is 9.00. The van der Waals surface area contributed by atoms with E-state index in [1.807, 2.05) is 0 Å². The van der Waals surface area contributed by atoms with Gasteiger partial charge in [-0.15, -0.1) is 12.4 Å². The summed E-state index contributed by atoms with van der Waals surface area (Å²) in [5.41, 5.74) is 8.50. The predicted octanol–water partition coefficient (Wildman–Crippen LogP) is -1.31. The van der Waals surface area contributed by atoms with Crippen molar-refractivity contribution in [3.8, 4) is 0 Å². The molecule has 0 rings (SSSR count). The van der Waals surface area contributed by atoms with Gasteiger partial charge in [0, 0.05) is 0 Å². The third kappa shape index (κ3) is 255. The average Bonchev–Trinajstić information content (AvgIpc) is 0.811. The molecule has 7 N–H and O–H groups in total.